The maximum atomic E-state index is 14.5. The third-order valence-corrected chi connectivity index (χ3v) is 22.4. The number of methoxy groups -OCH3 is 3. The van der Waals surface area contributed by atoms with E-state index in [1.165, 1.54) is 30.4 Å². The van der Waals surface area contributed by atoms with Gasteiger partial charge in [0.15, 0.2) is 11.6 Å². The SMILES string of the molecule is COc1c(C)cc(C2c3ccc(O)c(C)c3OCC2c2ccc(O)cc2)cc1C.COc1ccc(C2c3ccc(O)c(C)c3OCC2c2ccc(O)cc2)cc1C.COc1ccc(C2c3ccc(O)c(C)c3OCC2c2ccc(O)cc2)cc1F.Cc1cc(C2c3ccc(O)c(C)c3OCC2c2ccc(O)cc2)ccc1F. The molecule has 0 radical (unpaired) electrons. The minimum absolute atomic E-state index is 0.00639. The van der Waals surface area contributed by atoms with Gasteiger partial charge in [0.2, 0.25) is 0 Å². The molecule has 8 unspecified atom stereocenters. The molecule has 0 aliphatic carbocycles. The third-order valence-electron chi connectivity index (χ3n) is 22.4. The van der Waals surface area contributed by atoms with Gasteiger partial charge in [0.25, 0.3) is 0 Å². The third kappa shape index (κ3) is 15.7. The number of hydrogen-bond acceptors (Lipinski definition) is 15. The highest BCUT2D eigenvalue weighted by Crippen LogP contribution is 2.55. The fourth-order valence-electron chi connectivity index (χ4n) is 16.5. The highest BCUT2D eigenvalue weighted by atomic mass is 19.1. The molecule has 12 aromatic rings. The average Bonchev–Trinajstić information content (AvgIpc) is 0.774. The standard InChI is InChI=1S/C25H26O4.C24H24O4.C23H21FO4.C23H21FO3/c1-14-11-18(12-15(2)24(14)28-4)23-20-9-10-22(27)16(3)25(20)29-13-21(23)17-5-7-19(26)8-6-17;1-14-12-17(6-11-22(14)27-3)23-19-9-10-21(26)15(2)24(19)28-13-20(23)16-4-7-18(25)8-5-16;1-13-20(26)9-8-17-22(15-5-10-21(27-2)19(24)11-15)18(12-28-23(13)17)14-3-6-16(25)7-4-14;1-13-11-16(5-9-20(13)24)22-18-8-10-21(26)14(2)23(18)27-12-19(22)15-3-6-17(25)7-4-15/h5-12,21,23,26-27H,13H2,1-4H3;4-12,20,23,25-26H,13H2,1-3H3;3-11,18,22,25-26H,12H2,1-2H3;3-11,19,22,25-26H,12H2,1-2H3. The molecule has 0 spiro atoms. The molecule has 0 saturated heterocycles. The van der Waals surface area contributed by atoms with Crippen molar-refractivity contribution in [3.63, 3.8) is 0 Å². The molecular weight excluding hydrogens is 1420 g/mol. The number of aromatic hydroxyl groups is 8. The Labute approximate surface area is 651 Å². The molecule has 8 atom stereocenters. The summed E-state index contributed by atoms with van der Waals surface area (Å²) < 4.78 is 68.7. The number of phenols is 8. The van der Waals surface area contributed by atoms with Gasteiger partial charge in [-0.15, -0.1) is 0 Å². The topological polar surface area (TPSA) is 226 Å². The van der Waals surface area contributed by atoms with Gasteiger partial charge in [0, 0.05) is 91.9 Å². The smallest absolute Gasteiger partial charge is 0.165 e. The van der Waals surface area contributed by atoms with Gasteiger partial charge < -0.3 is 74.0 Å². The van der Waals surface area contributed by atoms with E-state index >= 15 is 0 Å². The molecule has 8 N–H and O–H groups in total. The van der Waals surface area contributed by atoms with E-state index in [0.717, 1.165) is 106 Å². The quantitative estimate of drug-likeness (QED) is 0.0603. The molecule has 0 aromatic heterocycles. The van der Waals surface area contributed by atoms with Crippen LogP contribution < -0.4 is 33.2 Å². The maximum absolute atomic E-state index is 14.5. The first kappa shape index (κ1) is 77.7. The summed E-state index contributed by atoms with van der Waals surface area (Å²) in [7, 11) is 4.81. The highest BCUT2D eigenvalue weighted by molar-refractivity contribution is 5.62. The second-order valence-corrected chi connectivity index (χ2v) is 29.3. The number of ether oxygens (including phenoxy) is 7. The van der Waals surface area contributed by atoms with Crippen molar-refractivity contribution in [2.75, 3.05) is 47.8 Å². The summed E-state index contributed by atoms with van der Waals surface area (Å²) in [5.41, 5.74) is 19.1. The first-order valence-corrected chi connectivity index (χ1v) is 37.2. The van der Waals surface area contributed by atoms with Crippen molar-refractivity contribution in [3.8, 4) is 86.2 Å². The molecule has 0 amide bonds. The van der Waals surface area contributed by atoms with Crippen molar-refractivity contribution >= 4 is 0 Å². The van der Waals surface area contributed by atoms with Crippen molar-refractivity contribution in [2.24, 2.45) is 0 Å². The minimum Gasteiger partial charge on any atom is -0.508 e. The van der Waals surface area contributed by atoms with E-state index in [1.54, 1.807) is 107 Å². The van der Waals surface area contributed by atoms with Crippen molar-refractivity contribution in [2.45, 2.75) is 103 Å². The Bertz CT molecular complexity index is 5220. The summed E-state index contributed by atoms with van der Waals surface area (Å²) in [5, 5.41) is 79.1. The van der Waals surface area contributed by atoms with Crippen molar-refractivity contribution in [1.29, 1.82) is 0 Å². The number of aryl methyl sites for hydroxylation is 4. The van der Waals surface area contributed by atoms with Crippen LogP contribution in [-0.4, -0.2) is 88.6 Å². The average molecular weight is 1510 g/mol. The van der Waals surface area contributed by atoms with Crippen molar-refractivity contribution in [1.82, 2.24) is 0 Å². The van der Waals surface area contributed by atoms with Crippen LogP contribution >= 0.6 is 0 Å². The molecule has 15 nitrogen and oxygen atoms in total. The number of halogens is 2. The number of rotatable bonds is 11. The molecule has 4 heterocycles. The molecule has 4 aliphatic heterocycles. The van der Waals surface area contributed by atoms with Crippen LogP contribution in [0.4, 0.5) is 8.78 Å². The number of phenolic OH excluding ortho intramolecular Hbond substituents is 8. The van der Waals surface area contributed by atoms with E-state index in [4.69, 9.17) is 33.2 Å². The van der Waals surface area contributed by atoms with Crippen LogP contribution in [0.25, 0.3) is 0 Å². The second kappa shape index (κ2) is 33.0. The molecule has 112 heavy (non-hydrogen) atoms. The van der Waals surface area contributed by atoms with Crippen LogP contribution in [0.3, 0.4) is 0 Å². The van der Waals surface area contributed by atoms with Crippen molar-refractivity contribution in [3.05, 3.63) is 335 Å². The molecule has 576 valence electrons. The van der Waals surface area contributed by atoms with Gasteiger partial charge in [-0.25, -0.2) is 8.78 Å². The van der Waals surface area contributed by atoms with E-state index in [0.29, 0.717) is 54.6 Å². The second-order valence-electron chi connectivity index (χ2n) is 29.3. The molecule has 0 fully saturated rings. The predicted molar refractivity (Wildman–Crippen MR) is 428 cm³/mol. The number of hydrogen-bond donors (Lipinski definition) is 8. The van der Waals surface area contributed by atoms with Gasteiger partial charge in [0.1, 0.15) is 86.3 Å². The van der Waals surface area contributed by atoms with Gasteiger partial charge in [-0.05, 0) is 219 Å². The van der Waals surface area contributed by atoms with Crippen LogP contribution in [0.5, 0.6) is 86.2 Å². The zero-order valence-electron chi connectivity index (χ0n) is 64.3. The van der Waals surface area contributed by atoms with E-state index in [1.807, 2.05) is 125 Å². The van der Waals surface area contributed by atoms with Crippen LogP contribution in [0.2, 0.25) is 0 Å². The lowest BCUT2D eigenvalue weighted by Gasteiger charge is -2.36. The largest absolute Gasteiger partial charge is 0.508 e. The van der Waals surface area contributed by atoms with Gasteiger partial charge in [-0.1, -0.05) is 115 Å². The Morgan fingerprint density at radius 2 is 0.536 bits per heavy atom. The van der Waals surface area contributed by atoms with E-state index in [2.05, 4.69) is 38.1 Å². The molecular formula is C95H92F2O15. The lowest BCUT2D eigenvalue weighted by molar-refractivity contribution is 0.245. The van der Waals surface area contributed by atoms with E-state index in [9.17, 15) is 49.6 Å². The van der Waals surface area contributed by atoms with Gasteiger partial charge in [-0.2, -0.15) is 0 Å². The normalized spacial score (nSPS) is 18.3. The van der Waals surface area contributed by atoms with Gasteiger partial charge >= 0.3 is 0 Å². The number of benzene rings is 12. The maximum Gasteiger partial charge on any atom is 0.165 e. The Balaban J connectivity index is 0.000000131. The van der Waals surface area contributed by atoms with E-state index < -0.39 is 5.82 Å². The Morgan fingerprint density at radius 3 is 0.821 bits per heavy atom. The highest BCUT2D eigenvalue weighted by Gasteiger charge is 2.40. The first-order chi connectivity index (χ1) is 53.8. The zero-order chi connectivity index (χ0) is 79.5. The fourth-order valence-corrected chi connectivity index (χ4v) is 16.5. The fraction of sp³-hybridized carbons (Fsp3) is 0.242. The monoisotopic (exact) mass is 1510 g/mol. The Morgan fingerprint density at radius 1 is 0.268 bits per heavy atom. The molecule has 0 bridgehead atoms. The Kier molecular flexibility index (Phi) is 22.9. The summed E-state index contributed by atoms with van der Waals surface area (Å²) in [6, 6.07) is 64.0. The molecule has 16 rings (SSSR count). The zero-order valence-corrected chi connectivity index (χ0v) is 64.3. The number of fused-ring (bicyclic) bond motifs is 4. The first-order valence-electron chi connectivity index (χ1n) is 37.2. The molecule has 4 aliphatic rings. The van der Waals surface area contributed by atoms with E-state index in [-0.39, 0.29) is 105 Å². The predicted octanol–water partition coefficient (Wildman–Crippen LogP) is 20.4. The summed E-state index contributed by atoms with van der Waals surface area (Å²) in [5.74, 6) is 5.92. The van der Waals surface area contributed by atoms with Crippen molar-refractivity contribution < 1.29 is 82.8 Å². The summed E-state index contributed by atoms with van der Waals surface area (Å²) >= 11 is 0. The van der Waals surface area contributed by atoms with Crippen LogP contribution in [0, 0.1) is 67.0 Å². The summed E-state index contributed by atoms with van der Waals surface area (Å²) in [6.07, 6.45) is 0. The molecule has 17 heteroatoms. The summed E-state index contributed by atoms with van der Waals surface area (Å²) in [6.45, 7) is 17.1. The molecule has 0 saturated carbocycles. The lowest BCUT2D eigenvalue weighted by atomic mass is 9.74. The minimum atomic E-state index is -0.423. The van der Waals surface area contributed by atoms with Gasteiger partial charge in [0.05, 0.1) is 47.8 Å². The Hall–Kier alpha value is -12.5. The molecule has 12 aromatic carbocycles. The van der Waals surface area contributed by atoms with Crippen LogP contribution in [0.15, 0.2) is 212 Å². The van der Waals surface area contributed by atoms with Crippen LogP contribution in [0.1, 0.15) is 159 Å². The van der Waals surface area contributed by atoms with Gasteiger partial charge in [-0.3, -0.25) is 0 Å². The van der Waals surface area contributed by atoms with Crippen LogP contribution in [-0.2, 0) is 0 Å². The summed E-state index contributed by atoms with van der Waals surface area (Å²) in [4.78, 5) is 0. The lowest BCUT2D eigenvalue weighted by Crippen LogP contribution is -2.26.